The third-order valence-electron chi connectivity index (χ3n) is 5.12. The van der Waals surface area contributed by atoms with Crippen molar-refractivity contribution in [1.29, 1.82) is 0 Å². The van der Waals surface area contributed by atoms with Gasteiger partial charge in [-0.15, -0.1) is 5.10 Å². The second-order valence-electron chi connectivity index (χ2n) is 6.41. The number of nitrogens with zero attached hydrogens (tertiary/aromatic N) is 3. The van der Waals surface area contributed by atoms with Crippen molar-refractivity contribution in [2.24, 2.45) is 0 Å². The van der Waals surface area contributed by atoms with Crippen molar-refractivity contribution in [2.75, 3.05) is 5.43 Å². The van der Waals surface area contributed by atoms with E-state index in [4.69, 9.17) is 0 Å². The van der Waals surface area contributed by atoms with Crippen LogP contribution >= 0.6 is 0 Å². The smallest absolute Gasteiger partial charge is 0.101 e. The van der Waals surface area contributed by atoms with Gasteiger partial charge in [-0.05, 0) is 36.6 Å². The molecular formula is C18H18N4. The standard InChI is InChI=1S/C18H18N4/c1-2-4-14(3-1)22-11-13-6-5-12-9-10-19-20-18(12)15-7-8-16(21-22)17(13)15/h5-10,14,21H,1-4,11H2. The molecular weight excluding hydrogens is 272 g/mol. The van der Waals surface area contributed by atoms with Gasteiger partial charge in [0.15, 0.2) is 0 Å². The highest BCUT2D eigenvalue weighted by molar-refractivity contribution is 6.00. The lowest BCUT2D eigenvalue weighted by atomic mass is 10.0. The van der Waals surface area contributed by atoms with Crippen molar-refractivity contribution in [3.05, 3.63) is 42.1 Å². The van der Waals surface area contributed by atoms with Crippen LogP contribution in [0.5, 0.6) is 0 Å². The van der Waals surface area contributed by atoms with Crippen molar-refractivity contribution in [1.82, 2.24) is 15.2 Å². The van der Waals surface area contributed by atoms with Gasteiger partial charge in [0.2, 0.25) is 0 Å². The molecule has 0 saturated heterocycles. The zero-order valence-corrected chi connectivity index (χ0v) is 12.4. The average molecular weight is 290 g/mol. The van der Waals surface area contributed by atoms with Gasteiger partial charge in [-0.25, -0.2) is 5.01 Å². The molecule has 0 radical (unpaired) electrons. The van der Waals surface area contributed by atoms with Crippen LogP contribution in [0.15, 0.2) is 36.5 Å². The summed E-state index contributed by atoms with van der Waals surface area (Å²) in [6.07, 6.45) is 7.08. The van der Waals surface area contributed by atoms with Gasteiger partial charge in [0.05, 0.1) is 11.9 Å². The van der Waals surface area contributed by atoms with Crippen LogP contribution in [0.2, 0.25) is 0 Å². The highest BCUT2D eigenvalue weighted by Gasteiger charge is 2.29. The van der Waals surface area contributed by atoms with Gasteiger partial charge in [0, 0.05) is 29.1 Å². The molecule has 3 aliphatic carbocycles. The summed E-state index contributed by atoms with van der Waals surface area (Å²) >= 11 is 0. The lowest BCUT2D eigenvalue weighted by molar-refractivity contribution is 0.230. The predicted octanol–water partition coefficient (Wildman–Crippen LogP) is 3.82. The molecule has 4 nitrogen and oxygen atoms in total. The van der Waals surface area contributed by atoms with Crippen LogP contribution in [0, 0.1) is 0 Å². The second-order valence-corrected chi connectivity index (χ2v) is 6.41. The van der Waals surface area contributed by atoms with Crippen molar-refractivity contribution in [3.63, 3.8) is 0 Å². The van der Waals surface area contributed by atoms with Gasteiger partial charge in [-0.1, -0.05) is 25.0 Å². The molecule has 0 amide bonds. The van der Waals surface area contributed by atoms with Crippen LogP contribution in [-0.2, 0) is 6.54 Å². The summed E-state index contributed by atoms with van der Waals surface area (Å²) in [5.41, 5.74) is 9.76. The molecule has 0 aromatic carbocycles. The van der Waals surface area contributed by atoms with Crippen molar-refractivity contribution >= 4 is 16.6 Å². The summed E-state index contributed by atoms with van der Waals surface area (Å²) in [6.45, 7) is 0.965. The quantitative estimate of drug-likeness (QED) is 0.739. The fourth-order valence-electron chi connectivity index (χ4n) is 4.02. The molecule has 4 aliphatic rings. The Morgan fingerprint density at radius 2 is 1.95 bits per heavy atom. The number of aromatic nitrogens is 2. The van der Waals surface area contributed by atoms with Crippen molar-refractivity contribution in [2.45, 2.75) is 38.3 Å². The first kappa shape index (κ1) is 12.4. The van der Waals surface area contributed by atoms with Crippen LogP contribution in [0.1, 0.15) is 31.2 Å². The summed E-state index contributed by atoms with van der Waals surface area (Å²) in [4.78, 5) is 0. The van der Waals surface area contributed by atoms with Crippen molar-refractivity contribution in [3.8, 4) is 11.1 Å². The van der Waals surface area contributed by atoms with E-state index in [1.165, 1.54) is 48.1 Å². The van der Waals surface area contributed by atoms with Gasteiger partial charge in [-0.2, -0.15) is 5.10 Å². The van der Waals surface area contributed by atoms with E-state index in [0.29, 0.717) is 6.04 Å². The zero-order valence-electron chi connectivity index (χ0n) is 12.4. The third kappa shape index (κ3) is 1.74. The van der Waals surface area contributed by atoms with Gasteiger partial charge < -0.3 is 5.43 Å². The topological polar surface area (TPSA) is 41.1 Å². The highest BCUT2D eigenvalue weighted by Crippen LogP contribution is 2.42. The highest BCUT2D eigenvalue weighted by atomic mass is 15.5. The summed E-state index contributed by atoms with van der Waals surface area (Å²) in [5, 5.41) is 12.0. The maximum Gasteiger partial charge on any atom is 0.101 e. The lowest BCUT2D eigenvalue weighted by Crippen LogP contribution is -2.39. The summed E-state index contributed by atoms with van der Waals surface area (Å²) in [7, 11) is 0. The van der Waals surface area contributed by atoms with Gasteiger partial charge in [0.25, 0.3) is 0 Å². The predicted molar refractivity (Wildman–Crippen MR) is 87.6 cm³/mol. The minimum Gasteiger partial charge on any atom is -0.318 e. The number of fused-ring (bicyclic) bond motifs is 2. The molecule has 1 fully saturated rings. The molecule has 0 spiro atoms. The monoisotopic (exact) mass is 290 g/mol. The summed E-state index contributed by atoms with van der Waals surface area (Å²) in [5.74, 6) is 0. The van der Waals surface area contributed by atoms with E-state index in [-0.39, 0.29) is 0 Å². The number of hydrazine groups is 1. The molecule has 5 rings (SSSR count). The molecule has 1 N–H and O–H groups in total. The Bertz CT molecular complexity index is 823. The molecule has 22 heavy (non-hydrogen) atoms. The molecule has 0 atom stereocenters. The Hall–Kier alpha value is -2.20. The summed E-state index contributed by atoms with van der Waals surface area (Å²) < 4.78 is 0. The van der Waals surface area contributed by atoms with E-state index in [0.717, 1.165) is 17.4 Å². The summed E-state index contributed by atoms with van der Waals surface area (Å²) in [6, 6.07) is 11.5. The van der Waals surface area contributed by atoms with E-state index in [1.54, 1.807) is 6.20 Å². The Morgan fingerprint density at radius 1 is 1.05 bits per heavy atom. The van der Waals surface area contributed by atoms with E-state index < -0.39 is 0 Å². The molecule has 2 heterocycles. The van der Waals surface area contributed by atoms with Crippen LogP contribution < -0.4 is 5.43 Å². The number of nitrogens with one attached hydrogen (secondary N) is 1. The number of anilines is 1. The minimum absolute atomic E-state index is 0.665. The first-order valence-electron chi connectivity index (χ1n) is 8.09. The SMILES string of the molecule is c1cc2ccc3c4c(ccc-4c2nn1)NN(C1CCCC1)C3. The molecule has 4 heteroatoms. The van der Waals surface area contributed by atoms with E-state index >= 15 is 0 Å². The molecule has 1 aromatic heterocycles. The largest absolute Gasteiger partial charge is 0.318 e. The van der Waals surface area contributed by atoms with Crippen LogP contribution in [0.25, 0.3) is 22.0 Å². The second kappa shape index (κ2) is 4.65. The van der Waals surface area contributed by atoms with Crippen molar-refractivity contribution < 1.29 is 0 Å². The van der Waals surface area contributed by atoms with Gasteiger partial charge in [0.1, 0.15) is 5.52 Å². The number of rotatable bonds is 1. The molecule has 0 unspecified atom stereocenters. The lowest BCUT2D eigenvalue weighted by Gasteiger charge is -2.34. The van der Waals surface area contributed by atoms with E-state index in [2.05, 4.69) is 44.9 Å². The van der Waals surface area contributed by atoms with Crippen LogP contribution in [0.4, 0.5) is 5.69 Å². The number of hydrogen-bond acceptors (Lipinski definition) is 4. The third-order valence-corrected chi connectivity index (χ3v) is 5.12. The molecule has 1 aromatic rings. The maximum absolute atomic E-state index is 4.37. The van der Waals surface area contributed by atoms with Crippen LogP contribution in [0.3, 0.4) is 0 Å². The Kier molecular flexibility index (Phi) is 2.61. The van der Waals surface area contributed by atoms with E-state index in [9.17, 15) is 0 Å². The Labute approximate surface area is 129 Å². The minimum atomic E-state index is 0.665. The molecule has 110 valence electrons. The fourth-order valence-corrected chi connectivity index (χ4v) is 4.02. The van der Waals surface area contributed by atoms with E-state index in [1.807, 2.05) is 6.07 Å². The van der Waals surface area contributed by atoms with Gasteiger partial charge >= 0.3 is 0 Å². The first-order chi connectivity index (χ1) is 10.9. The Morgan fingerprint density at radius 3 is 2.86 bits per heavy atom. The fraction of sp³-hybridized carbons (Fsp3) is 0.333. The maximum atomic E-state index is 4.37. The molecule has 0 bridgehead atoms. The molecule has 1 aliphatic heterocycles. The zero-order chi connectivity index (χ0) is 14.5. The Balaban J connectivity index is 1.67. The number of hydrogen-bond donors (Lipinski definition) is 1. The van der Waals surface area contributed by atoms with Crippen LogP contribution in [-0.4, -0.2) is 21.2 Å². The first-order valence-corrected chi connectivity index (χ1v) is 8.09. The average Bonchev–Trinajstić information content (AvgIpc) is 3.19. The van der Waals surface area contributed by atoms with Gasteiger partial charge in [-0.3, -0.25) is 0 Å². The normalized spacial score (nSPS) is 18.9. The molecule has 1 saturated carbocycles.